The van der Waals surface area contributed by atoms with Gasteiger partial charge in [0.2, 0.25) is 0 Å². The van der Waals surface area contributed by atoms with E-state index in [1.807, 2.05) is 0 Å². The molecule has 1 atom stereocenters. The van der Waals surface area contributed by atoms with Gasteiger partial charge in [-0.15, -0.1) is 0 Å². The van der Waals surface area contributed by atoms with E-state index in [0.717, 1.165) is 19.3 Å². The molecule has 0 saturated heterocycles. The molecule has 0 saturated carbocycles. The van der Waals surface area contributed by atoms with Gasteiger partial charge in [-0.05, 0) is 6.42 Å². The topological polar surface area (TPSA) is 127 Å². The zero-order valence-electron chi connectivity index (χ0n) is 18.6. The van der Waals surface area contributed by atoms with Crippen molar-refractivity contribution in [2.45, 2.75) is 115 Å². The van der Waals surface area contributed by atoms with Crippen molar-refractivity contribution >= 4 is 55.6 Å². The van der Waals surface area contributed by atoms with Crippen molar-refractivity contribution < 1.29 is 34.4 Å². The van der Waals surface area contributed by atoms with E-state index in [1.54, 1.807) is 0 Å². The number of esters is 1. The van der Waals surface area contributed by atoms with Crippen LogP contribution in [0.2, 0.25) is 0 Å². The Kier molecular flexibility index (Phi) is 21.8. The molecule has 0 aromatic heterocycles. The van der Waals surface area contributed by atoms with Crippen molar-refractivity contribution in [2.75, 3.05) is 6.61 Å². The molecule has 8 heteroatoms. The zero-order chi connectivity index (χ0) is 22.0. The summed E-state index contributed by atoms with van der Waals surface area (Å²) in [4.78, 5) is 32.9. The van der Waals surface area contributed by atoms with Crippen LogP contribution in [0.3, 0.4) is 0 Å². The SMILES string of the molecule is CCCCCCCCCCCCCCCCOC(=O)CC(O)(CC(=O)[O-])C(=O)[O-].[Ca+2]. The van der Waals surface area contributed by atoms with Gasteiger partial charge in [0.1, 0.15) is 5.60 Å². The Hall–Kier alpha value is -0.370. The third-order valence-corrected chi connectivity index (χ3v) is 5.01. The maximum absolute atomic E-state index is 11.6. The van der Waals surface area contributed by atoms with Gasteiger partial charge in [-0.1, -0.05) is 90.4 Å². The summed E-state index contributed by atoms with van der Waals surface area (Å²) < 4.78 is 4.87. The van der Waals surface area contributed by atoms with E-state index in [9.17, 15) is 29.7 Å². The molecular weight excluding hydrogens is 416 g/mol. The molecule has 0 aliphatic heterocycles. The number of aliphatic hydroxyl groups is 1. The average Bonchev–Trinajstić information content (AvgIpc) is 2.64. The fourth-order valence-corrected chi connectivity index (χ4v) is 3.22. The fraction of sp³-hybridized carbons (Fsp3) is 0.864. The van der Waals surface area contributed by atoms with Crippen LogP contribution in [0.15, 0.2) is 0 Å². The third-order valence-electron chi connectivity index (χ3n) is 5.01. The summed E-state index contributed by atoms with van der Waals surface area (Å²) in [6.45, 7) is 2.35. The van der Waals surface area contributed by atoms with Gasteiger partial charge >= 0.3 is 43.7 Å². The number of carboxylic acid groups (broad SMARTS) is 2. The molecule has 0 bridgehead atoms. The number of carboxylic acids is 2. The largest absolute Gasteiger partial charge is 2.00 e. The first-order valence-corrected chi connectivity index (χ1v) is 11.1. The van der Waals surface area contributed by atoms with Crippen LogP contribution in [0, 0.1) is 0 Å². The van der Waals surface area contributed by atoms with E-state index in [1.165, 1.54) is 64.2 Å². The Labute approximate surface area is 210 Å². The second kappa shape index (κ2) is 20.5. The van der Waals surface area contributed by atoms with Crippen molar-refractivity contribution in [3.8, 4) is 0 Å². The van der Waals surface area contributed by atoms with Gasteiger partial charge in [0, 0.05) is 12.4 Å². The smallest absolute Gasteiger partial charge is 0.550 e. The van der Waals surface area contributed by atoms with Crippen molar-refractivity contribution in [3.05, 3.63) is 0 Å². The molecule has 0 radical (unpaired) electrons. The van der Waals surface area contributed by atoms with Crippen molar-refractivity contribution in [2.24, 2.45) is 0 Å². The number of carbonyl (C=O) groups is 3. The zero-order valence-corrected chi connectivity index (χ0v) is 20.8. The second-order valence-corrected chi connectivity index (χ2v) is 7.86. The molecule has 1 unspecified atom stereocenters. The molecule has 0 heterocycles. The average molecular weight is 455 g/mol. The van der Waals surface area contributed by atoms with Gasteiger partial charge in [0.05, 0.1) is 19.0 Å². The number of hydrogen-bond acceptors (Lipinski definition) is 7. The molecule has 0 aromatic rings. The summed E-state index contributed by atoms with van der Waals surface area (Å²) in [5.74, 6) is -4.78. The predicted molar refractivity (Wildman–Crippen MR) is 111 cm³/mol. The molecule has 0 amide bonds. The standard InChI is InChI=1S/C22H40O7.Ca/c1-2-3-4-5-6-7-8-9-10-11-12-13-14-15-16-29-20(25)18-22(28,21(26)27)17-19(23)24;/h28H,2-18H2,1H3,(H,23,24)(H,26,27);/q;+2/p-2. The predicted octanol–water partition coefficient (Wildman–Crippen LogP) is 1.64. The summed E-state index contributed by atoms with van der Waals surface area (Å²) in [5.41, 5.74) is -2.80. The minimum absolute atomic E-state index is 0. The number of hydrogen-bond donors (Lipinski definition) is 1. The summed E-state index contributed by atoms with van der Waals surface area (Å²) in [6.07, 6.45) is 14.7. The Morgan fingerprint density at radius 2 is 1.13 bits per heavy atom. The quantitative estimate of drug-likeness (QED) is 0.168. The third kappa shape index (κ3) is 18.4. The molecular formula is C22H38CaO7. The molecule has 170 valence electrons. The minimum atomic E-state index is -2.80. The van der Waals surface area contributed by atoms with E-state index >= 15 is 0 Å². The van der Waals surface area contributed by atoms with Gasteiger partial charge in [-0.3, -0.25) is 4.79 Å². The molecule has 30 heavy (non-hydrogen) atoms. The van der Waals surface area contributed by atoms with E-state index in [0.29, 0.717) is 6.42 Å². The Morgan fingerprint density at radius 1 is 0.733 bits per heavy atom. The first kappa shape index (κ1) is 31.8. The molecule has 0 fully saturated rings. The van der Waals surface area contributed by atoms with Gasteiger partial charge in [0.15, 0.2) is 0 Å². The first-order valence-electron chi connectivity index (χ1n) is 11.1. The maximum atomic E-state index is 11.6. The van der Waals surface area contributed by atoms with Crippen molar-refractivity contribution in [1.82, 2.24) is 0 Å². The molecule has 0 aromatic carbocycles. The number of ether oxygens (including phenoxy) is 1. The molecule has 1 N–H and O–H groups in total. The van der Waals surface area contributed by atoms with E-state index in [-0.39, 0.29) is 44.3 Å². The molecule has 7 nitrogen and oxygen atoms in total. The Bertz CT molecular complexity index is 470. The normalized spacial score (nSPS) is 12.6. The van der Waals surface area contributed by atoms with Crippen LogP contribution in [0.4, 0.5) is 0 Å². The fourth-order valence-electron chi connectivity index (χ4n) is 3.22. The van der Waals surface area contributed by atoms with Gasteiger partial charge < -0.3 is 29.6 Å². The van der Waals surface area contributed by atoms with E-state index in [2.05, 4.69) is 6.92 Å². The first-order chi connectivity index (χ1) is 13.8. The van der Waals surface area contributed by atoms with Gasteiger partial charge in [0.25, 0.3) is 0 Å². The van der Waals surface area contributed by atoms with Gasteiger partial charge in [-0.25, -0.2) is 0 Å². The van der Waals surface area contributed by atoms with Crippen LogP contribution in [-0.4, -0.2) is 73.0 Å². The number of rotatable bonds is 20. The molecule has 0 spiro atoms. The van der Waals surface area contributed by atoms with Crippen LogP contribution in [0.25, 0.3) is 0 Å². The Morgan fingerprint density at radius 3 is 1.50 bits per heavy atom. The van der Waals surface area contributed by atoms with Crippen LogP contribution >= 0.6 is 0 Å². The van der Waals surface area contributed by atoms with Crippen LogP contribution in [-0.2, 0) is 19.1 Å². The minimum Gasteiger partial charge on any atom is -0.550 e. The van der Waals surface area contributed by atoms with E-state index < -0.39 is 36.4 Å². The summed E-state index contributed by atoms with van der Waals surface area (Å²) in [6, 6.07) is 0. The molecule has 0 rings (SSSR count). The summed E-state index contributed by atoms with van der Waals surface area (Å²) in [5, 5.41) is 31.0. The van der Waals surface area contributed by atoms with Crippen LogP contribution in [0.5, 0.6) is 0 Å². The van der Waals surface area contributed by atoms with Crippen LogP contribution < -0.4 is 10.2 Å². The number of unbranched alkanes of at least 4 members (excludes halogenated alkanes) is 13. The monoisotopic (exact) mass is 454 g/mol. The van der Waals surface area contributed by atoms with Crippen molar-refractivity contribution in [3.63, 3.8) is 0 Å². The van der Waals surface area contributed by atoms with Crippen LogP contribution in [0.1, 0.15) is 110 Å². The number of carbonyl (C=O) groups excluding carboxylic acids is 3. The number of aliphatic carboxylic acids is 2. The summed E-state index contributed by atoms with van der Waals surface area (Å²) in [7, 11) is 0. The maximum Gasteiger partial charge on any atom is 2.00 e. The molecule has 0 aliphatic carbocycles. The Balaban J connectivity index is 0. The van der Waals surface area contributed by atoms with Crippen molar-refractivity contribution in [1.29, 1.82) is 0 Å². The second-order valence-electron chi connectivity index (χ2n) is 7.86. The van der Waals surface area contributed by atoms with Gasteiger partial charge in [-0.2, -0.15) is 0 Å². The molecule has 0 aliphatic rings. The van der Waals surface area contributed by atoms with E-state index in [4.69, 9.17) is 4.74 Å². The summed E-state index contributed by atoms with van der Waals surface area (Å²) >= 11 is 0.